The van der Waals surface area contributed by atoms with E-state index in [-0.39, 0.29) is 11.8 Å². The molecule has 0 aromatic carbocycles. The molecule has 0 aromatic heterocycles. The van der Waals surface area contributed by atoms with E-state index in [0.29, 0.717) is 17.9 Å². The number of rotatable bonds is 5. The number of nitrogens with zero attached hydrogens (tertiary/aromatic N) is 1. The Balaban J connectivity index is 2.41. The van der Waals surface area contributed by atoms with Crippen LogP contribution in [0.1, 0.15) is 20.8 Å². The Kier molecular flexibility index (Phi) is 5.40. The first kappa shape index (κ1) is 14.5. The molecule has 1 saturated heterocycles. The van der Waals surface area contributed by atoms with E-state index in [1.807, 2.05) is 0 Å². The fraction of sp³-hybridized carbons (Fsp3) is 0.923. The van der Waals surface area contributed by atoms with Crippen LogP contribution in [0, 0.1) is 17.8 Å². The number of amides is 1. The molecule has 1 rings (SSSR count). The highest BCUT2D eigenvalue weighted by Gasteiger charge is 2.30. The van der Waals surface area contributed by atoms with Gasteiger partial charge in [-0.15, -0.1) is 0 Å². The van der Waals surface area contributed by atoms with Crippen LogP contribution in [0.4, 0.5) is 0 Å². The van der Waals surface area contributed by atoms with Gasteiger partial charge >= 0.3 is 0 Å². The highest BCUT2D eigenvalue weighted by Crippen LogP contribution is 2.16. The molecule has 0 saturated carbocycles. The first-order valence-electron chi connectivity index (χ1n) is 6.58. The zero-order valence-corrected chi connectivity index (χ0v) is 11.8. The first-order valence-corrected chi connectivity index (χ1v) is 6.58. The molecular weight excluding hydrogens is 214 g/mol. The number of carbonyl (C=O) groups is 1. The summed E-state index contributed by atoms with van der Waals surface area (Å²) >= 11 is 0. The largest absolute Gasteiger partial charge is 0.354 e. The Labute approximate surface area is 105 Å². The third kappa shape index (κ3) is 3.96. The number of likely N-dealkylation sites (N-methyl/N-ethyl adjacent to an activating group) is 1. The fourth-order valence-electron chi connectivity index (χ4n) is 2.51. The molecule has 0 bridgehead atoms. The molecule has 1 aliphatic rings. The van der Waals surface area contributed by atoms with Crippen LogP contribution in [0.5, 0.6) is 0 Å². The second-order valence-electron chi connectivity index (χ2n) is 5.76. The molecule has 3 atom stereocenters. The van der Waals surface area contributed by atoms with Crippen molar-refractivity contribution in [3.05, 3.63) is 0 Å². The van der Waals surface area contributed by atoms with E-state index in [0.717, 1.165) is 19.6 Å². The number of nitrogens with one attached hydrogen (secondary N) is 2. The van der Waals surface area contributed by atoms with Crippen LogP contribution in [-0.2, 0) is 4.79 Å². The normalized spacial score (nSPS) is 26.5. The van der Waals surface area contributed by atoms with Gasteiger partial charge in [-0.3, -0.25) is 4.79 Å². The molecule has 100 valence electrons. The van der Waals surface area contributed by atoms with E-state index in [4.69, 9.17) is 0 Å². The summed E-state index contributed by atoms with van der Waals surface area (Å²) in [5.74, 6) is 1.34. The van der Waals surface area contributed by atoms with E-state index in [9.17, 15) is 4.79 Å². The van der Waals surface area contributed by atoms with Gasteiger partial charge in [-0.1, -0.05) is 20.8 Å². The maximum Gasteiger partial charge on any atom is 0.224 e. The van der Waals surface area contributed by atoms with E-state index in [1.165, 1.54) is 0 Å². The van der Waals surface area contributed by atoms with E-state index in [2.05, 4.69) is 50.4 Å². The molecule has 1 aliphatic heterocycles. The smallest absolute Gasteiger partial charge is 0.224 e. The van der Waals surface area contributed by atoms with Gasteiger partial charge < -0.3 is 15.5 Å². The predicted octanol–water partition coefficient (Wildman–Crippen LogP) is 0.544. The Morgan fingerprint density at radius 3 is 2.47 bits per heavy atom. The molecule has 2 N–H and O–H groups in total. The first-order chi connectivity index (χ1) is 7.93. The van der Waals surface area contributed by atoms with Gasteiger partial charge in [0.05, 0.1) is 5.92 Å². The van der Waals surface area contributed by atoms with Crippen LogP contribution in [0.3, 0.4) is 0 Å². The molecule has 4 heteroatoms. The molecule has 0 aliphatic carbocycles. The minimum atomic E-state index is 0.143. The average Bonchev–Trinajstić information content (AvgIpc) is 2.63. The number of carbonyl (C=O) groups excluding carboxylic acids is 1. The highest BCUT2D eigenvalue weighted by molar-refractivity contribution is 5.79. The van der Waals surface area contributed by atoms with Gasteiger partial charge in [-0.2, -0.15) is 0 Å². The molecule has 0 radical (unpaired) electrons. The summed E-state index contributed by atoms with van der Waals surface area (Å²) in [6.07, 6.45) is 0. The van der Waals surface area contributed by atoms with Gasteiger partial charge in [0.25, 0.3) is 0 Å². The van der Waals surface area contributed by atoms with Crippen molar-refractivity contribution in [2.75, 3.05) is 33.7 Å². The molecule has 1 amide bonds. The molecule has 1 heterocycles. The molecule has 1 fully saturated rings. The lowest BCUT2D eigenvalue weighted by molar-refractivity contribution is -0.125. The lowest BCUT2D eigenvalue weighted by atomic mass is 9.96. The Hall–Kier alpha value is -0.610. The molecular formula is C13H27N3O. The Morgan fingerprint density at radius 1 is 1.41 bits per heavy atom. The number of hydrogen-bond acceptors (Lipinski definition) is 3. The van der Waals surface area contributed by atoms with Gasteiger partial charge in [0.15, 0.2) is 0 Å². The van der Waals surface area contributed by atoms with E-state index in [1.54, 1.807) is 0 Å². The summed E-state index contributed by atoms with van der Waals surface area (Å²) in [5, 5.41) is 6.36. The molecule has 4 nitrogen and oxygen atoms in total. The van der Waals surface area contributed by atoms with Crippen LogP contribution in [0.25, 0.3) is 0 Å². The van der Waals surface area contributed by atoms with E-state index < -0.39 is 0 Å². The lowest BCUT2D eigenvalue weighted by Gasteiger charge is -2.28. The highest BCUT2D eigenvalue weighted by atomic mass is 16.1. The van der Waals surface area contributed by atoms with Gasteiger partial charge in [0.2, 0.25) is 5.91 Å². The van der Waals surface area contributed by atoms with Gasteiger partial charge in [0.1, 0.15) is 0 Å². The topological polar surface area (TPSA) is 44.4 Å². The average molecular weight is 241 g/mol. The summed E-state index contributed by atoms with van der Waals surface area (Å²) < 4.78 is 0. The van der Waals surface area contributed by atoms with Crippen LogP contribution in [-0.4, -0.2) is 50.6 Å². The third-order valence-corrected chi connectivity index (χ3v) is 3.77. The van der Waals surface area contributed by atoms with Crippen molar-refractivity contribution in [3.63, 3.8) is 0 Å². The van der Waals surface area contributed by atoms with Gasteiger partial charge in [-0.25, -0.2) is 0 Å². The maximum absolute atomic E-state index is 12.0. The van der Waals surface area contributed by atoms with Gasteiger partial charge in [-0.05, 0) is 32.5 Å². The SMILES string of the molecule is CC(C)C(CNC(=O)[C@@H]1CNC[C@H]1C)N(C)C. The zero-order chi connectivity index (χ0) is 13.0. The summed E-state index contributed by atoms with van der Waals surface area (Å²) in [6, 6.07) is 0.406. The Bertz CT molecular complexity index is 245. The van der Waals surface area contributed by atoms with E-state index >= 15 is 0 Å². The van der Waals surface area contributed by atoms with Crippen LogP contribution in [0.2, 0.25) is 0 Å². The Morgan fingerprint density at radius 2 is 2.06 bits per heavy atom. The maximum atomic E-state index is 12.0. The summed E-state index contributed by atoms with van der Waals surface area (Å²) in [5.41, 5.74) is 0. The van der Waals surface area contributed by atoms with Crippen molar-refractivity contribution in [1.29, 1.82) is 0 Å². The van der Waals surface area contributed by atoms with Crippen molar-refractivity contribution in [3.8, 4) is 0 Å². The van der Waals surface area contributed by atoms with Gasteiger partial charge in [0, 0.05) is 19.1 Å². The van der Waals surface area contributed by atoms with Crippen molar-refractivity contribution in [2.45, 2.75) is 26.8 Å². The minimum Gasteiger partial charge on any atom is -0.354 e. The minimum absolute atomic E-state index is 0.143. The van der Waals surface area contributed by atoms with Crippen molar-refractivity contribution >= 4 is 5.91 Å². The van der Waals surface area contributed by atoms with Crippen LogP contribution >= 0.6 is 0 Å². The van der Waals surface area contributed by atoms with Crippen molar-refractivity contribution in [1.82, 2.24) is 15.5 Å². The summed E-state index contributed by atoms with van der Waals surface area (Å²) in [4.78, 5) is 14.2. The van der Waals surface area contributed by atoms with Crippen molar-refractivity contribution < 1.29 is 4.79 Å². The molecule has 0 aromatic rings. The second kappa shape index (κ2) is 6.36. The fourth-order valence-corrected chi connectivity index (χ4v) is 2.51. The van der Waals surface area contributed by atoms with Crippen LogP contribution in [0.15, 0.2) is 0 Å². The second-order valence-corrected chi connectivity index (χ2v) is 5.76. The molecule has 1 unspecified atom stereocenters. The zero-order valence-electron chi connectivity index (χ0n) is 11.8. The quantitative estimate of drug-likeness (QED) is 0.738. The summed E-state index contributed by atoms with van der Waals surface area (Å²) in [7, 11) is 4.13. The standard InChI is InChI=1S/C13H27N3O/c1-9(2)12(16(4)5)8-15-13(17)11-7-14-6-10(11)3/h9-12,14H,6-8H2,1-5H3,(H,15,17)/t10-,11-,12?/m1/s1. The number of hydrogen-bond donors (Lipinski definition) is 2. The lowest BCUT2D eigenvalue weighted by Crippen LogP contribution is -2.45. The third-order valence-electron chi connectivity index (χ3n) is 3.77. The predicted molar refractivity (Wildman–Crippen MR) is 70.8 cm³/mol. The molecule has 0 spiro atoms. The summed E-state index contributed by atoms with van der Waals surface area (Å²) in [6.45, 7) is 9.04. The van der Waals surface area contributed by atoms with Crippen molar-refractivity contribution in [2.24, 2.45) is 17.8 Å². The monoisotopic (exact) mass is 241 g/mol. The molecule has 17 heavy (non-hydrogen) atoms. The van der Waals surface area contributed by atoms with Crippen LogP contribution < -0.4 is 10.6 Å².